The second-order valence-corrected chi connectivity index (χ2v) is 4.65. The van der Waals surface area contributed by atoms with Crippen LogP contribution in [0, 0.1) is 0 Å². The van der Waals surface area contributed by atoms with E-state index in [0.717, 1.165) is 0 Å². The average molecular weight is 346 g/mol. The van der Waals surface area contributed by atoms with Gasteiger partial charge in [0, 0.05) is 0 Å². The van der Waals surface area contributed by atoms with Crippen molar-refractivity contribution in [2.75, 3.05) is 0 Å². The number of carboxylic acid groups (broad SMARTS) is 2. The first kappa shape index (κ1) is 24.1. The molecule has 0 saturated carbocycles. The van der Waals surface area contributed by atoms with Crippen LogP contribution >= 0.6 is 15.6 Å². The van der Waals surface area contributed by atoms with Gasteiger partial charge in [-0.2, -0.15) is 0 Å². The fourth-order valence-corrected chi connectivity index (χ4v) is 0.270. The van der Waals surface area contributed by atoms with Crippen LogP contribution in [0.2, 0.25) is 0 Å². The van der Waals surface area contributed by atoms with Crippen molar-refractivity contribution in [1.82, 2.24) is 0 Å². The standard InChI is InChI=1S/C4H6O6.2H3O4P/c5-1(3(7)8)2(6)4(9)10;2*1-5(2,3)4/h1-2,5-6H,(H,7,8)(H,9,10);2*(H3,1,2,3,4). The number of aliphatic hydroxyl groups excluding tert-OH is 2. The summed E-state index contributed by atoms with van der Waals surface area (Å²) < 4.78 is 17.8. The van der Waals surface area contributed by atoms with Crippen molar-refractivity contribution in [1.29, 1.82) is 0 Å². The molecule has 0 aliphatic rings. The minimum absolute atomic E-state index is 1.77. The summed E-state index contributed by atoms with van der Waals surface area (Å²) in [5.74, 6) is -3.54. The molecular weight excluding hydrogens is 334 g/mol. The van der Waals surface area contributed by atoms with Gasteiger partial charge in [-0.1, -0.05) is 0 Å². The summed E-state index contributed by atoms with van der Waals surface area (Å²) in [4.78, 5) is 62.7. The van der Waals surface area contributed by atoms with Crippen molar-refractivity contribution in [3.63, 3.8) is 0 Å². The predicted octanol–water partition coefficient (Wildman–Crippen LogP) is -3.98. The molecule has 0 spiro atoms. The molecule has 0 aromatic carbocycles. The number of aliphatic hydroxyl groups is 2. The lowest BCUT2D eigenvalue weighted by atomic mass is 10.2. The summed E-state index contributed by atoms with van der Waals surface area (Å²) in [6.07, 6.45) is -4.53. The summed E-state index contributed by atoms with van der Waals surface area (Å²) in [5, 5.41) is 32.5. The number of aliphatic carboxylic acids is 2. The maximum atomic E-state index is 9.77. The van der Waals surface area contributed by atoms with Gasteiger partial charge in [0.25, 0.3) is 0 Å². The highest BCUT2D eigenvalue weighted by Gasteiger charge is 2.29. The molecule has 10 N–H and O–H groups in total. The average Bonchev–Trinajstić information content (AvgIpc) is 2.09. The van der Waals surface area contributed by atoms with E-state index in [4.69, 9.17) is 58.9 Å². The molecule has 0 radical (unpaired) electrons. The maximum absolute atomic E-state index is 9.77. The minimum atomic E-state index is -4.64. The van der Waals surface area contributed by atoms with Gasteiger partial charge in [-0.05, 0) is 0 Å². The Morgan fingerprint density at radius 2 is 0.750 bits per heavy atom. The fraction of sp³-hybridized carbons (Fsp3) is 0.500. The van der Waals surface area contributed by atoms with Gasteiger partial charge in [-0.25, -0.2) is 18.7 Å². The maximum Gasteiger partial charge on any atom is 0.466 e. The highest BCUT2D eigenvalue weighted by molar-refractivity contribution is 7.45. The summed E-state index contributed by atoms with van der Waals surface area (Å²) in [6.45, 7) is 0. The normalized spacial score (nSPS) is 13.8. The summed E-state index contributed by atoms with van der Waals surface area (Å²) in [6, 6.07) is 0. The number of phosphoric acid groups is 2. The smallest absolute Gasteiger partial charge is 0.466 e. The third kappa shape index (κ3) is 36.0. The molecule has 0 aliphatic carbocycles. The van der Waals surface area contributed by atoms with Gasteiger partial charge in [0.1, 0.15) is 0 Å². The second kappa shape index (κ2) is 9.90. The topological polar surface area (TPSA) is 271 Å². The van der Waals surface area contributed by atoms with Crippen LogP contribution < -0.4 is 0 Å². The zero-order valence-electron chi connectivity index (χ0n) is 9.15. The molecule has 0 aromatic heterocycles. The molecule has 2 atom stereocenters. The van der Waals surface area contributed by atoms with Crippen LogP contribution in [-0.2, 0) is 18.7 Å². The lowest BCUT2D eigenvalue weighted by Crippen LogP contribution is -2.39. The van der Waals surface area contributed by atoms with E-state index < -0.39 is 39.8 Å². The van der Waals surface area contributed by atoms with Gasteiger partial charge in [0.05, 0.1) is 0 Å². The van der Waals surface area contributed by atoms with E-state index in [1.165, 1.54) is 0 Å². The third-order valence-corrected chi connectivity index (χ3v) is 0.805. The van der Waals surface area contributed by atoms with Crippen LogP contribution in [0.25, 0.3) is 0 Å². The Kier molecular flexibility index (Phi) is 11.9. The molecule has 2 unspecified atom stereocenters. The SMILES string of the molecule is O=C(O)C(O)C(O)C(=O)O.O=P(O)(O)O.O=P(O)(O)O. The Morgan fingerprint density at radius 1 is 0.650 bits per heavy atom. The summed E-state index contributed by atoms with van der Waals surface area (Å²) >= 11 is 0. The molecule has 122 valence electrons. The number of hydrogen-bond acceptors (Lipinski definition) is 6. The van der Waals surface area contributed by atoms with Crippen molar-refractivity contribution in [3.8, 4) is 0 Å². The van der Waals surface area contributed by atoms with E-state index in [2.05, 4.69) is 0 Å². The van der Waals surface area contributed by atoms with Crippen LogP contribution in [0.4, 0.5) is 0 Å². The van der Waals surface area contributed by atoms with Crippen LogP contribution in [0.1, 0.15) is 0 Å². The summed E-state index contributed by atoms with van der Waals surface area (Å²) in [7, 11) is -9.28. The molecule has 16 heteroatoms. The van der Waals surface area contributed by atoms with E-state index >= 15 is 0 Å². The van der Waals surface area contributed by atoms with Gasteiger partial charge in [0.2, 0.25) is 0 Å². The second-order valence-electron chi connectivity index (χ2n) is 2.59. The minimum Gasteiger partial charge on any atom is -0.479 e. The van der Waals surface area contributed by atoms with Crippen LogP contribution in [-0.4, -0.2) is 73.9 Å². The quantitative estimate of drug-likeness (QED) is 0.218. The van der Waals surface area contributed by atoms with Crippen LogP contribution in [0.3, 0.4) is 0 Å². The van der Waals surface area contributed by atoms with Gasteiger partial charge in [0.15, 0.2) is 12.2 Å². The number of carboxylic acids is 2. The Balaban J connectivity index is -0.000000244. The Labute approximate surface area is 109 Å². The van der Waals surface area contributed by atoms with Crippen LogP contribution in [0.15, 0.2) is 0 Å². The Bertz CT molecular complexity index is 335. The van der Waals surface area contributed by atoms with E-state index in [-0.39, 0.29) is 0 Å². The number of rotatable bonds is 3. The van der Waals surface area contributed by atoms with E-state index in [1.807, 2.05) is 0 Å². The molecule has 0 bridgehead atoms. The van der Waals surface area contributed by atoms with Gasteiger partial charge < -0.3 is 49.8 Å². The summed E-state index contributed by atoms with van der Waals surface area (Å²) in [5.41, 5.74) is 0. The first-order valence-corrected chi connectivity index (χ1v) is 6.98. The lowest BCUT2D eigenvalue weighted by Gasteiger charge is -2.07. The van der Waals surface area contributed by atoms with Crippen molar-refractivity contribution < 1.29 is 68.5 Å². The lowest BCUT2D eigenvalue weighted by molar-refractivity contribution is -0.165. The molecule has 20 heavy (non-hydrogen) atoms. The van der Waals surface area contributed by atoms with Gasteiger partial charge >= 0.3 is 27.6 Å². The monoisotopic (exact) mass is 346 g/mol. The van der Waals surface area contributed by atoms with Crippen molar-refractivity contribution in [2.45, 2.75) is 12.2 Å². The van der Waals surface area contributed by atoms with E-state index in [9.17, 15) is 9.59 Å². The first-order chi connectivity index (χ1) is 8.46. The Morgan fingerprint density at radius 3 is 0.800 bits per heavy atom. The van der Waals surface area contributed by atoms with Gasteiger partial charge in [-0.15, -0.1) is 0 Å². The molecule has 0 heterocycles. The zero-order chi connectivity index (χ0) is 17.3. The molecule has 0 aromatic rings. The van der Waals surface area contributed by atoms with Crippen LogP contribution in [0.5, 0.6) is 0 Å². The zero-order valence-corrected chi connectivity index (χ0v) is 10.9. The third-order valence-electron chi connectivity index (χ3n) is 0.805. The van der Waals surface area contributed by atoms with Crippen molar-refractivity contribution in [3.05, 3.63) is 0 Å². The molecule has 0 rings (SSSR count). The molecule has 0 amide bonds. The fourth-order valence-electron chi connectivity index (χ4n) is 0.270. The molecule has 14 nitrogen and oxygen atoms in total. The molecule has 0 fully saturated rings. The predicted molar refractivity (Wildman–Crippen MR) is 55.8 cm³/mol. The van der Waals surface area contributed by atoms with E-state index in [0.29, 0.717) is 0 Å². The number of hydrogen-bond donors (Lipinski definition) is 10. The highest BCUT2D eigenvalue weighted by atomic mass is 31.2. The van der Waals surface area contributed by atoms with Gasteiger partial charge in [-0.3, -0.25) is 0 Å². The molecular formula is C4H12O14P2. The van der Waals surface area contributed by atoms with E-state index in [1.54, 1.807) is 0 Å². The number of carbonyl (C=O) groups is 2. The molecule has 0 aliphatic heterocycles. The molecule has 0 saturated heterocycles. The van der Waals surface area contributed by atoms with Crippen molar-refractivity contribution in [2.24, 2.45) is 0 Å². The van der Waals surface area contributed by atoms with Crippen molar-refractivity contribution >= 4 is 27.6 Å². The largest absolute Gasteiger partial charge is 0.479 e. The first-order valence-electron chi connectivity index (χ1n) is 3.85. The highest BCUT2D eigenvalue weighted by Crippen LogP contribution is 2.26. The Hall–Kier alpha value is -0.920.